The van der Waals surface area contributed by atoms with E-state index in [9.17, 15) is 8.42 Å². The largest absolute Gasteiger partial charge is 0.379 e. The van der Waals surface area contributed by atoms with Gasteiger partial charge in [0.15, 0.2) is 0 Å². The third-order valence-corrected chi connectivity index (χ3v) is 4.93. The molecule has 1 fully saturated rings. The Morgan fingerprint density at radius 2 is 2.00 bits per heavy atom. The van der Waals surface area contributed by atoms with Crippen molar-refractivity contribution >= 4 is 43.4 Å². The molecule has 18 heavy (non-hydrogen) atoms. The van der Waals surface area contributed by atoms with Gasteiger partial charge in [-0.3, -0.25) is 4.72 Å². The van der Waals surface area contributed by atoms with E-state index in [1.165, 1.54) is 4.31 Å². The van der Waals surface area contributed by atoms with Crippen molar-refractivity contribution in [3.8, 4) is 0 Å². The molecule has 0 aromatic heterocycles. The van der Waals surface area contributed by atoms with E-state index in [1.54, 1.807) is 18.2 Å². The highest BCUT2D eigenvalue weighted by atomic mass is 79.9. The lowest BCUT2D eigenvalue weighted by atomic mass is 10.3. The first-order valence-corrected chi connectivity index (χ1v) is 7.91. The molecule has 0 bridgehead atoms. The zero-order chi connectivity index (χ0) is 13.2. The number of hydrogen-bond donors (Lipinski definition) is 1. The van der Waals surface area contributed by atoms with Crippen molar-refractivity contribution in [1.29, 1.82) is 0 Å². The molecular formula is C10H12BrClN2O3S. The Hall–Kier alpha value is -0.340. The van der Waals surface area contributed by atoms with Crippen molar-refractivity contribution in [1.82, 2.24) is 4.31 Å². The Morgan fingerprint density at radius 1 is 1.33 bits per heavy atom. The van der Waals surface area contributed by atoms with Crippen molar-refractivity contribution < 1.29 is 13.2 Å². The molecule has 0 aliphatic carbocycles. The highest BCUT2D eigenvalue weighted by molar-refractivity contribution is 9.10. The summed E-state index contributed by atoms with van der Waals surface area (Å²) in [5.74, 6) is 0. The van der Waals surface area contributed by atoms with Crippen LogP contribution in [0.5, 0.6) is 0 Å². The minimum Gasteiger partial charge on any atom is -0.379 e. The molecule has 1 aliphatic heterocycles. The van der Waals surface area contributed by atoms with Crippen LogP contribution in [0.4, 0.5) is 5.69 Å². The first-order valence-electron chi connectivity index (χ1n) is 5.30. The number of ether oxygens (including phenoxy) is 1. The van der Waals surface area contributed by atoms with E-state index >= 15 is 0 Å². The van der Waals surface area contributed by atoms with Gasteiger partial charge in [-0.2, -0.15) is 12.7 Å². The van der Waals surface area contributed by atoms with Crippen LogP contribution in [-0.4, -0.2) is 39.0 Å². The van der Waals surface area contributed by atoms with Crippen LogP contribution in [0.25, 0.3) is 0 Å². The topological polar surface area (TPSA) is 58.6 Å². The highest BCUT2D eigenvalue weighted by Crippen LogP contribution is 2.27. The molecule has 1 N–H and O–H groups in total. The van der Waals surface area contributed by atoms with Crippen LogP contribution in [-0.2, 0) is 14.9 Å². The number of anilines is 1. The van der Waals surface area contributed by atoms with E-state index in [1.807, 2.05) is 0 Å². The average molecular weight is 356 g/mol. The van der Waals surface area contributed by atoms with E-state index in [-0.39, 0.29) is 0 Å². The Balaban J connectivity index is 2.18. The smallest absolute Gasteiger partial charge is 0.301 e. The summed E-state index contributed by atoms with van der Waals surface area (Å²) in [5, 5.41) is 0.470. The lowest BCUT2D eigenvalue weighted by Crippen LogP contribution is -2.43. The summed E-state index contributed by atoms with van der Waals surface area (Å²) in [5.41, 5.74) is 0.425. The van der Waals surface area contributed by atoms with Crippen LogP contribution < -0.4 is 4.72 Å². The molecule has 1 saturated heterocycles. The van der Waals surface area contributed by atoms with Crippen LogP contribution in [0.2, 0.25) is 5.02 Å². The number of nitrogens with one attached hydrogen (secondary N) is 1. The van der Waals surface area contributed by atoms with Crippen LogP contribution >= 0.6 is 27.5 Å². The Morgan fingerprint density at radius 3 is 2.67 bits per heavy atom. The lowest BCUT2D eigenvalue weighted by Gasteiger charge is -2.26. The van der Waals surface area contributed by atoms with Gasteiger partial charge in [0.25, 0.3) is 0 Å². The van der Waals surface area contributed by atoms with Gasteiger partial charge in [-0.25, -0.2) is 0 Å². The van der Waals surface area contributed by atoms with E-state index in [2.05, 4.69) is 20.7 Å². The maximum Gasteiger partial charge on any atom is 0.301 e. The van der Waals surface area contributed by atoms with Crippen molar-refractivity contribution in [2.75, 3.05) is 31.0 Å². The highest BCUT2D eigenvalue weighted by Gasteiger charge is 2.24. The SMILES string of the molecule is O=S(=O)(Nc1cc(Cl)ccc1Br)N1CCOCC1. The number of rotatable bonds is 3. The minimum atomic E-state index is -3.56. The zero-order valence-corrected chi connectivity index (χ0v) is 12.6. The van der Waals surface area contributed by atoms with Gasteiger partial charge in [0.2, 0.25) is 0 Å². The zero-order valence-electron chi connectivity index (χ0n) is 9.40. The maximum atomic E-state index is 12.1. The summed E-state index contributed by atoms with van der Waals surface area (Å²) in [4.78, 5) is 0. The van der Waals surface area contributed by atoms with Crippen LogP contribution in [0.3, 0.4) is 0 Å². The number of morpholine rings is 1. The van der Waals surface area contributed by atoms with Crippen molar-refractivity contribution in [2.24, 2.45) is 0 Å². The molecule has 0 radical (unpaired) electrons. The van der Waals surface area contributed by atoms with E-state index in [0.717, 1.165) is 0 Å². The van der Waals surface area contributed by atoms with Crippen LogP contribution in [0.15, 0.2) is 22.7 Å². The lowest BCUT2D eigenvalue weighted by molar-refractivity contribution is 0.0733. The van der Waals surface area contributed by atoms with Gasteiger partial charge >= 0.3 is 10.2 Å². The van der Waals surface area contributed by atoms with Gasteiger partial charge in [0.05, 0.1) is 18.9 Å². The van der Waals surface area contributed by atoms with Gasteiger partial charge in [-0.1, -0.05) is 11.6 Å². The monoisotopic (exact) mass is 354 g/mol. The predicted molar refractivity (Wildman–Crippen MR) is 74.1 cm³/mol. The molecule has 1 aromatic carbocycles. The summed E-state index contributed by atoms with van der Waals surface area (Å²) in [7, 11) is -3.56. The van der Waals surface area contributed by atoms with Crippen molar-refractivity contribution in [2.45, 2.75) is 0 Å². The van der Waals surface area contributed by atoms with Gasteiger partial charge in [-0.15, -0.1) is 0 Å². The summed E-state index contributed by atoms with van der Waals surface area (Å²) in [6.07, 6.45) is 0. The maximum absolute atomic E-state index is 12.1. The van der Waals surface area contributed by atoms with Crippen molar-refractivity contribution in [3.05, 3.63) is 27.7 Å². The summed E-state index contributed by atoms with van der Waals surface area (Å²) in [6, 6.07) is 4.93. The van der Waals surface area contributed by atoms with E-state index < -0.39 is 10.2 Å². The average Bonchev–Trinajstić information content (AvgIpc) is 2.35. The molecule has 0 atom stereocenters. The Labute approximate surface area is 119 Å². The molecule has 2 rings (SSSR count). The molecule has 0 amide bonds. The molecule has 1 aromatic rings. The molecule has 0 unspecified atom stereocenters. The second kappa shape index (κ2) is 5.75. The fourth-order valence-corrected chi connectivity index (χ4v) is 3.42. The molecule has 8 heteroatoms. The number of nitrogens with zero attached hydrogens (tertiary/aromatic N) is 1. The summed E-state index contributed by atoms with van der Waals surface area (Å²) < 4.78 is 33.9. The molecule has 0 spiro atoms. The molecule has 0 saturated carbocycles. The van der Waals surface area contributed by atoms with Gasteiger partial charge < -0.3 is 4.74 Å². The van der Waals surface area contributed by atoms with Gasteiger partial charge in [-0.05, 0) is 34.1 Å². The summed E-state index contributed by atoms with van der Waals surface area (Å²) in [6.45, 7) is 1.54. The first kappa shape index (κ1) is 14.1. The summed E-state index contributed by atoms with van der Waals surface area (Å²) >= 11 is 9.12. The number of benzene rings is 1. The quantitative estimate of drug-likeness (QED) is 0.903. The standard InChI is InChI=1S/C10H12BrClN2O3S/c11-9-2-1-8(12)7-10(9)13-18(15,16)14-3-5-17-6-4-14/h1-2,7,13H,3-6H2. The third kappa shape index (κ3) is 3.36. The minimum absolute atomic E-state index is 0.355. The Kier molecular flexibility index (Phi) is 4.50. The molecule has 5 nitrogen and oxygen atoms in total. The molecular weight excluding hydrogens is 344 g/mol. The van der Waals surface area contributed by atoms with E-state index in [0.29, 0.717) is 41.5 Å². The first-order chi connectivity index (χ1) is 8.49. The van der Waals surface area contributed by atoms with E-state index in [4.69, 9.17) is 16.3 Å². The second-order valence-electron chi connectivity index (χ2n) is 3.74. The molecule has 1 aliphatic rings. The fourth-order valence-electron chi connectivity index (χ4n) is 1.57. The molecule has 1 heterocycles. The number of halogens is 2. The van der Waals surface area contributed by atoms with Crippen LogP contribution in [0.1, 0.15) is 0 Å². The fraction of sp³-hybridized carbons (Fsp3) is 0.400. The number of hydrogen-bond acceptors (Lipinski definition) is 3. The molecule has 100 valence electrons. The normalized spacial score (nSPS) is 17.7. The second-order valence-corrected chi connectivity index (χ2v) is 6.70. The third-order valence-electron chi connectivity index (χ3n) is 2.48. The van der Waals surface area contributed by atoms with Crippen molar-refractivity contribution in [3.63, 3.8) is 0 Å². The van der Waals surface area contributed by atoms with Gasteiger partial charge in [0.1, 0.15) is 0 Å². The van der Waals surface area contributed by atoms with Crippen LogP contribution in [0, 0.1) is 0 Å². The van der Waals surface area contributed by atoms with Gasteiger partial charge in [0, 0.05) is 22.6 Å². The predicted octanol–water partition coefficient (Wildman–Crippen LogP) is 2.09. The Bertz CT molecular complexity index is 532.